The third kappa shape index (κ3) is 7.04. The topological polar surface area (TPSA) is 179 Å². The van der Waals surface area contributed by atoms with Gasteiger partial charge < -0.3 is 32.3 Å². The Morgan fingerprint density at radius 1 is 1.28 bits per heavy atom. The minimum Gasteiger partial charge on any atom is -0.370 e. The smallest absolute Gasteiger partial charge is 0.271 e. The second-order valence-electron chi connectivity index (χ2n) is 9.31. The van der Waals surface area contributed by atoms with Gasteiger partial charge in [0, 0.05) is 41.3 Å². The third-order valence-corrected chi connectivity index (χ3v) is 8.71. The molecule has 0 spiro atoms. The molecule has 3 aromatic rings. The predicted octanol–water partition coefficient (Wildman–Crippen LogP) is 2.42. The van der Waals surface area contributed by atoms with Gasteiger partial charge in [-0.25, -0.2) is 4.98 Å². The number of rotatable bonds is 10. The van der Waals surface area contributed by atoms with Gasteiger partial charge in [-0.15, -0.1) is 22.7 Å². The molecule has 0 saturated carbocycles. The van der Waals surface area contributed by atoms with Crippen molar-refractivity contribution in [2.75, 3.05) is 20.1 Å². The van der Waals surface area contributed by atoms with E-state index in [-0.39, 0.29) is 35.6 Å². The summed E-state index contributed by atoms with van der Waals surface area (Å²) >= 11 is 8.80. The van der Waals surface area contributed by atoms with Crippen LogP contribution < -0.4 is 27.4 Å². The van der Waals surface area contributed by atoms with Crippen molar-refractivity contribution < 1.29 is 14.4 Å². The van der Waals surface area contributed by atoms with Crippen LogP contribution in [0.4, 0.5) is 0 Å². The van der Waals surface area contributed by atoms with Gasteiger partial charge in [-0.3, -0.25) is 19.8 Å². The van der Waals surface area contributed by atoms with E-state index >= 15 is 0 Å². The molecule has 3 amide bonds. The average Bonchev–Trinajstić information content (AvgIpc) is 3.64. The van der Waals surface area contributed by atoms with Gasteiger partial charge in [0.15, 0.2) is 5.96 Å². The van der Waals surface area contributed by atoms with Crippen LogP contribution in [0.25, 0.3) is 10.1 Å². The molecule has 0 unspecified atom stereocenters. The molecule has 0 bridgehead atoms. The molecule has 208 valence electrons. The van der Waals surface area contributed by atoms with Crippen molar-refractivity contribution in [2.24, 2.45) is 11.5 Å². The molecule has 1 aliphatic rings. The molecule has 0 radical (unpaired) electrons. The van der Waals surface area contributed by atoms with Gasteiger partial charge in [-0.1, -0.05) is 11.6 Å². The van der Waals surface area contributed by atoms with Crippen LogP contribution in [-0.2, 0) is 4.79 Å². The summed E-state index contributed by atoms with van der Waals surface area (Å²) in [6.45, 7) is 0.893. The lowest BCUT2D eigenvalue weighted by molar-refractivity contribution is -0.122. The molecule has 1 saturated heterocycles. The number of likely N-dealkylation sites (tertiary alicyclic amines) is 1. The number of nitrogens with one attached hydrogen (secondary N) is 4. The zero-order valence-corrected chi connectivity index (χ0v) is 23.7. The first-order valence-electron chi connectivity index (χ1n) is 12.5. The van der Waals surface area contributed by atoms with Gasteiger partial charge >= 0.3 is 0 Å². The first kappa shape index (κ1) is 28.7. The van der Waals surface area contributed by atoms with E-state index in [2.05, 4.69) is 20.9 Å². The van der Waals surface area contributed by atoms with Crippen LogP contribution in [-0.4, -0.2) is 65.8 Å². The highest BCUT2D eigenvalue weighted by Crippen LogP contribution is 2.37. The monoisotopic (exact) mass is 590 g/mol. The van der Waals surface area contributed by atoms with Gasteiger partial charge in [0.05, 0.1) is 10.9 Å². The molecule has 39 heavy (non-hydrogen) atoms. The Hall–Kier alpha value is -3.26. The molecule has 11 nitrogen and oxygen atoms in total. The summed E-state index contributed by atoms with van der Waals surface area (Å²) in [7, 11) is 1.51. The lowest BCUT2D eigenvalue weighted by Crippen LogP contribution is -2.45. The minimum absolute atomic E-state index is 0.109. The van der Waals surface area contributed by atoms with Crippen molar-refractivity contribution in [3.8, 4) is 0 Å². The van der Waals surface area contributed by atoms with E-state index < -0.39 is 11.9 Å². The van der Waals surface area contributed by atoms with Crippen LogP contribution in [0.3, 0.4) is 0 Å². The standard InChI is InChI=1S/C25H31ClN8O3S2/c1-30-21(35)16(4-2-3-7-31-25(28)29)32-22(36)17-12-38-23(33-17)18-10-15(27)11-34(18)24(37)20-9-13-8-14(26)5-6-19(13)39-20/h5-6,8-9,12,15-16,18H,2-4,7,10-11,27H2,1H3,(H,30,35)(H,32,36)(H4,28,29,31)/t15-,16-,18+/m1/s1. The SMILES string of the molecule is CNC(=O)[C@@H](CCCCNC(=N)N)NC(=O)c1csc([C@@H]2C[C@@H](N)CN2C(=O)c2cc3cc(Cl)ccc3s2)n1. The van der Waals surface area contributed by atoms with Crippen LogP contribution in [0.15, 0.2) is 29.6 Å². The van der Waals surface area contributed by atoms with Crippen molar-refractivity contribution in [1.82, 2.24) is 25.8 Å². The molecule has 14 heteroatoms. The van der Waals surface area contributed by atoms with Crippen molar-refractivity contribution >= 4 is 68.0 Å². The number of hydrogen-bond donors (Lipinski definition) is 6. The van der Waals surface area contributed by atoms with E-state index in [0.717, 1.165) is 10.1 Å². The second-order valence-corrected chi connectivity index (χ2v) is 11.7. The number of thiazole rings is 1. The summed E-state index contributed by atoms with van der Waals surface area (Å²) in [6.07, 6.45) is 2.28. The number of unbranched alkanes of at least 4 members (excludes halogenated alkanes) is 1. The van der Waals surface area contributed by atoms with Gasteiger partial charge in [-0.2, -0.15) is 0 Å². The number of nitrogens with two attached hydrogens (primary N) is 2. The molecule has 4 rings (SSSR count). The van der Waals surface area contributed by atoms with E-state index in [0.29, 0.717) is 53.7 Å². The second kappa shape index (κ2) is 12.7. The summed E-state index contributed by atoms with van der Waals surface area (Å²) in [6, 6.07) is 6.07. The number of fused-ring (bicyclic) bond motifs is 1. The Morgan fingerprint density at radius 3 is 2.82 bits per heavy atom. The Morgan fingerprint density at radius 2 is 2.08 bits per heavy atom. The van der Waals surface area contributed by atoms with Crippen molar-refractivity contribution in [2.45, 2.75) is 43.8 Å². The molecular formula is C25H31ClN8O3S2. The number of carbonyl (C=O) groups is 3. The number of guanidine groups is 1. The lowest BCUT2D eigenvalue weighted by Gasteiger charge is -2.22. The maximum Gasteiger partial charge on any atom is 0.271 e. The first-order valence-corrected chi connectivity index (χ1v) is 14.5. The summed E-state index contributed by atoms with van der Waals surface area (Å²) < 4.78 is 0.969. The third-order valence-electron chi connectivity index (χ3n) is 6.43. The van der Waals surface area contributed by atoms with Crippen molar-refractivity contribution in [1.29, 1.82) is 5.41 Å². The van der Waals surface area contributed by atoms with E-state index in [4.69, 9.17) is 28.5 Å². The van der Waals surface area contributed by atoms with E-state index in [1.165, 1.54) is 29.7 Å². The Bertz CT molecular complexity index is 1380. The fourth-order valence-corrected chi connectivity index (χ4v) is 6.61. The minimum atomic E-state index is -0.732. The van der Waals surface area contributed by atoms with Crippen LogP contribution in [0.5, 0.6) is 0 Å². The summed E-state index contributed by atoms with van der Waals surface area (Å²) in [5, 5.41) is 19.0. The maximum absolute atomic E-state index is 13.5. The maximum atomic E-state index is 13.5. The summed E-state index contributed by atoms with van der Waals surface area (Å²) in [4.78, 5) is 45.7. The summed E-state index contributed by atoms with van der Waals surface area (Å²) in [5.41, 5.74) is 11.7. The zero-order chi connectivity index (χ0) is 28.1. The fraction of sp³-hybridized carbons (Fsp3) is 0.400. The van der Waals surface area contributed by atoms with Gasteiger partial charge in [0.1, 0.15) is 16.7 Å². The van der Waals surface area contributed by atoms with Crippen LogP contribution in [0.1, 0.15) is 56.9 Å². The number of hydrogen-bond acceptors (Lipinski definition) is 8. The molecule has 3 heterocycles. The first-order chi connectivity index (χ1) is 18.7. The number of carbonyl (C=O) groups excluding carboxylic acids is 3. The summed E-state index contributed by atoms with van der Waals surface area (Å²) in [5.74, 6) is -1.01. The van der Waals surface area contributed by atoms with Gasteiger partial charge in [-0.05, 0) is 55.3 Å². The zero-order valence-electron chi connectivity index (χ0n) is 21.3. The number of halogens is 1. The van der Waals surface area contributed by atoms with Crippen LogP contribution in [0.2, 0.25) is 5.02 Å². The van der Waals surface area contributed by atoms with Gasteiger partial charge in [0.25, 0.3) is 11.8 Å². The Kier molecular flexibility index (Phi) is 9.38. The highest BCUT2D eigenvalue weighted by molar-refractivity contribution is 7.20. The Labute approximate surface area is 238 Å². The molecule has 3 atom stereocenters. The lowest BCUT2D eigenvalue weighted by atomic mass is 10.1. The highest BCUT2D eigenvalue weighted by Gasteiger charge is 2.37. The number of nitrogens with zero attached hydrogens (tertiary/aromatic N) is 2. The molecular weight excluding hydrogens is 560 g/mol. The quantitative estimate of drug-likeness (QED) is 0.119. The highest BCUT2D eigenvalue weighted by atomic mass is 35.5. The number of likely N-dealkylation sites (N-methyl/N-ethyl adjacent to an activating group) is 1. The molecule has 1 aliphatic heterocycles. The van der Waals surface area contributed by atoms with E-state index in [1.54, 1.807) is 16.3 Å². The van der Waals surface area contributed by atoms with E-state index in [1.807, 2.05) is 18.2 Å². The van der Waals surface area contributed by atoms with Gasteiger partial charge in [0.2, 0.25) is 5.91 Å². The largest absolute Gasteiger partial charge is 0.370 e. The molecule has 0 aliphatic carbocycles. The van der Waals surface area contributed by atoms with Crippen LogP contribution >= 0.6 is 34.3 Å². The molecule has 2 aromatic heterocycles. The number of benzene rings is 1. The fourth-order valence-electron chi connectivity index (χ4n) is 4.50. The number of amides is 3. The predicted molar refractivity (Wildman–Crippen MR) is 154 cm³/mol. The van der Waals surface area contributed by atoms with Crippen molar-refractivity contribution in [3.05, 3.63) is 50.2 Å². The number of aromatic nitrogens is 1. The Balaban J connectivity index is 1.43. The molecule has 8 N–H and O–H groups in total. The molecule has 1 aromatic carbocycles. The van der Waals surface area contributed by atoms with E-state index in [9.17, 15) is 14.4 Å². The molecule has 1 fully saturated rings. The number of thiophene rings is 1. The van der Waals surface area contributed by atoms with Crippen LogP contribution in [0, 0.1) is 5.41 Å². The average molecular weight is 591 g/mol. The van der Waals surface area contributed by atoms with Crippen molar-refractivity contribution in [3.63, 3.8) is 0 Å². The normalized spacial score (nSPS) is 17.7.